The van der Waals surface area contributed by atoms with Crippen LogP contribution in [0.3, 0.4) is 0 Å². The van der Waals surface area contributed by atoms with Gasteiger partial charge in [0.1, 0.15) is 5.01 Å². The minimum absolute atomic E-state index is 0.639. The lowest BCUT2D eigenvalue weighted by Crippen LogP contribution is -2.36. The summed E-state index contributed by atoms with van der Waals surface area (Å²) < 4.78 is 0. The minimum atomic E-state index is 0.639. The maximum atomic E-state index is 6.25. The third-order valence-corrected chi connectivity index (χ3v) is 5.21. The second-order valence-corrected chi connectivity index (χ2v) is 6.71. The molecule has 0 bridgehead atoms. The van der Waals surface area contributed by atoms with Crippen molar-refractivity contribution in [3.8, 4) is 10.6 Å². The molecule has 112 valence electrons. The minimum Gasteiger partial charge on any atom is -0.318 e. The van der Waals surface area contributed by atoms with Crippen molar-refractivity contribution in [1.82, 2.24) is 15.2 Å². The van der Waals surface area contributed by atoms with Gasteiger partial charge in [-0.3, -0.25) is 4.90 Å². The normalized spacial score (nSPS) is 19.2. The van der Waals surface area contributed by atoms with Gasteiger partial charge in [0.05, 0.1) is 10.7 Å². The highest BCUT2D eigenvalue weighted by Gasteiger charge is 2.24. The highest BCUT2D eigenvalue weighted by atomic mass is 35.5. The number of halogens is 1. The third kappa shape index (κ3) is 3.46. The average Bonchev–Trinajstić information content (AvgIpc) is 3.11. The van der Waals surface area contributed by atoms with E-state index >= 15 is 0 Å². The maximum absolute atomic E-state index is 6.25. The van der Waals surface area contributed by atoms with Crippen LogP contribution in [0.2, 0.25) is 5.02 Å². The number of aromatic nitrogens is 1. The Kier molecular flexibility index (Phi) is 4.91. The summed E-state index contributed by atoms with van der Waals surface area (Å²) in [5.41, 5.74) is 2.18. The molecule has 0 spiro atoms. The van der Waals surface area contributed by atoms with Crippen molar-refractivity contribution in [3.05, 3.63) is 40.4 Å². The second kappa shape index (κ2) is 6.88. The van der Waals surface area contributed by atoms with Crippen molar-refractivity contribution in [1.29, 1.82) is 0 Å². The lowest BCUT2D eigenvalue weighted by atomic mass is 10.2. The first-order chi connectivity index (χ1) is 10.3. The molecule has 1 aromatic heterocycles. The van der Waals surface area contributed by atoms with Crippen molar-refractivity contribution >= 4 is 22.9 Å². The fourth-order valence-electron chi connectivity index (χ4n) is 2.92. The van der Waals surface area contributed by atoms with Crippen LogP contribution < -0.4 is 5.32 Å². The van der Waals surface area contributed by atoms with Gasteiger partial charge in [-0.25, -0.2) is 4.98 Å². The van der Waals surface area contributed by atoms with Gasteiger partial charge in [-0.1, -0.05) is 29.8 Å². The van der Waals surface area contributed by atoms with E-state index in [0.717, 1.165) is 34.4 Å². The summed E-state index contributed by atoms with van der Waals surface area (Å²) in [7, 11) is 2.02. The van der Waals surface area contributed by atoms with Gasteiger partial charge in [0, 0.05) is 30.1 Å². The highest BCUT2D eigenvalue weighted by Crippen LogP contribution is 2.31. The first kappa shape index (κ1) is 15.0. The molecular weight excluding hydrogens is 302 g/mol. The number of thiazole rings is 1. The standard InChI is InChI=1S/C16H20ClN3S/c1-18-9-13-5-4-8-20(13)10-12-11-21-16(19-12)14-6-2-3-7-15(14)17/h2-3,6-7,11,13,18H,4-5,8-10H2,1H3. The molecule has 1 fully saturated rings. The van der Waals surface area contributed by atoms with Crippen LogP contribution in [0.4, 0.5) is 0 Å². The van der Waals surface area contributed by atoms with E-state index in [1.165, 1.54) is 19.4 Å². The van der Waals surface area contributed by atoms with Crippen LogP contribution in [-0.2, 0) is 6.54 Å². The topological polar surface area (TPSA) is 28.2 Å². The van der Waals surface area contributed by atoms with Gasteiger partial charge >= 0.3 is 0 Å². The third-order valence-electron chi connectivity index (χ3n) is 3.96. The molecule has 1 unspecified atom stereocenters. The molecule has 1 N–H and O–H groups in total. The summed E-state index contributed by atoms with van der Waals surface area (Å²) in [6, 6.07) is 8.55. The molecule has 3 rings (SSSR count). The highest BCUT2D eigenvalue weighted by molar-refractivity contribution is 7.13. The van der Waals surface area contributed by atoms with Crippen LogP contribution in [0, 0.1) is 0 Å². The summed E-state index contributed by atoms with van der Waals surface area (Å²) in [6.07, 6.45) is 2.57. The molecule has 1 aliphatic heterocycles. The van der Waals surface area contributed by atoms with Crippen LogP contribution in [0.25, 0.3) is 10.6 Å². The maximum Gasteiger partial charge on any atom is 0.125 e. The van der Waals surface area contributed by atoms with Gasteiger partial charge < -0.3 is 5.32 Å². The molecule has 2 heterocycles. The summed E-state index contributed by atoms with van der Waals surface area (Å²) in [4.78, 5) is 7.30. The number of benzene rings is 1. The molecule has 0 amide bonds. The summed E-state index contributed by atoms with van der Waals surface area (Å²) in [5, 5.41) is 7.23. The zero-order valence-electron chi connectivity index (χ0n) is 12.2. The molecule has 1 atom stereocenters. The number of likely N-dealkylation sites (tertiary alicyclic amines) is 1. The van der Waals surface area contributed by atoms with E-state index in [9.17, 15) is 0 Å². The quantitative estimate of drug-likeness (QED) is 0.911. The lowest BCUT2D eigenvalue weighted by Gasteiger charge is -2.23. The molecule has 1 saturated heterocycles. The fourth-order valence-corrected chi connectivity index (χ4v) is 4.05. The van der Waals surface area contributed by atoms with E-state index in [-0.39, 0.29) is 0 Å². The van der Waals surface area contributed by atoms with Gasteiger partial charge in [-0.15, -0.1) is 11.3 Å². The predicted octanol–water partition coefficient (Wildman–Crippen LogP) is 3.65. The van der Waals surface area contributed by atoms with Crippen LogP contribution >= 0.6 is 22.9 Å². The molecule has 5 heteroatoms. The van der Waals surface area contributed by atoms with Crippen LogP contribution in [0.1, 0.15) is 18.5 Å². The van der Waals surface area contributed by atoms with Crippen molar-refractivity contribution < 1.29 is 0 Å². The molecule has 1 aliphatic rings. The molecule has 21 heavy (non-hydrogen) atoms. The van der Waals surface area contributed by atoms with E-state index in [2.05, 4.69) is 15.6 Å². The van der Waals surface area contributed by atoms with Crippen LogP contribution in [0.15, 0.2) is 29.6 Å². The summed E-state index contributed by atoms with van der Waals surface area (Å²) in [6.45, 7) is 3.17. The Bertz CT molecular complexity index is 599. The van der Waals surface area contributed by atoms with E-state index in [0.29, 0.717) is 6.04 Å². The van der Waals surface area contributed by atoms with E-state index in [4.69, 9.17) is 16.6 Å². The Morgan fingerprint density at radius 1 is 1.43 bits per heavy atom. The SMILES string of the molecule is CNCC1CCCN1Cc1csc(-c2ccccc2Cl)n1. The van der Waals surface area contributed by atoms with E-state index in [1.54, 1.807) is 11.3 Å². The molecule has 2 aromatic rings. The average molecular weight is 322 g/mol. The first-order valence-corrected chi connectivity index (χ1v) is 8.61. The zero-order chi connectivity index (χ0) is 14.7. The van der Waals surface area contributed by atoms with Crippen molar-refractivity contribution in [3.63, 3.8) is 0 Å². The van der Waals surface area contributed by atoms with Crippen LogP contribution in [0.5, 0.6) is 0 Å². The Morgan fingerprint density at radius 2 is 2.29 bits per heavy atom. The summed E-state index contributed by atoms with van der Waals surface area (Å²) in [5.74, 6) is 0. The molecular formula is C16H20ClN3S. The predicted molar refractivity (Wildman–Crippen MR) is 89.9 cm³/mol. The molecule has 0 aliphatic carbocycles. The van der Waals surface area contributed by atoms with Gasteiger partial charge in [0.2, 0.25) is 0 Å². The monoisotopic (exact) mass is 321 g/mol. The number of likely N-dealkylation sites (N-methyl/N-ethyl adjacent to an activating group) is 1. The Labute approximate surface area is 135 Å². The van der Waals surface area contributed by atoms with Crippen molar-refractivity contribution in [2.45, 2.75) is 25.4 Å². The van der Waals surface area contributed by atoms with Gasteiger partial charge in [0.15, 0.2) is 0 Å². The van der Waals surface area contributed by atoms with Crippen molar-refractivity contribution in [2.75, 3.05) is 20.1 Å². The number of nitrogens with zero attached hydrogens (tertiary/aromatic N) is 2. The first-order valence-electron chi connectivity index (χ1n) is 7.36. The molecule has 1 aromatic carbocycles. The Balaban J connectivity index is 1.72. The fraction of sp³-hybridized carbons (Fsp3) is 0.438. The summed E-state index contributed by atoms with van der Waals surface area (Å²) >= 11 is 7.93. The Morgan fingerprint density at radius 3 is 3.10 bits per heavy atom. The number of hydrogen-bond donors (Lipinski definition) is 1. The number of rotatable bonds is 5. The smallest absolute Gasteiger partial charge is 0.125 e. The second-order valence-electron chi connectivity index (χ2n) is 5.45. The zero-order valence-corrected chi connectivity index (χ0v) is 13.8. The van der Waals surface area contributed by atoms with Gasteiger partial charge in [0.25, 0.3) is 0 Å². The molecule has 0 saturated carbocycles. The molecule has 0 radical (unpaired) electrons. The lowest BCUT2D eigenvalue weighted by molar-refractivity contribution is 0.240. The Hall–Kier alpha value is -0.940. The number of nitrogens with one attached hydrogen (secondary N) is 1. The number of hydrogen-bond acceptors (Lipinski definition) is 4. The van der Waals surface area contributed by atoms with Gasteiger partial charge in [-0.2, -0.15) is 0 Å². The van der Waals surface area contributed by atoms with E-state index in [1.807, 2.05) is 31.3 Å². The largest absolute Gasteiger partial charge is 0.318 e. The molecule has 3 nitrogen and oxygen atoms in total. The van der Waals surface area contributed by atoms with Gasteiger partial charge in [-0.05, 0) is 32.5 Å². The van der Waals surface area contributed by atoms with E-state index < -0.39 is 0 Å². The van der Waals surface area contributed by atoms with Crippen molar-refractivity contribution in [2.24, 2.45) is 0 Å². The van der Waals surface area contributed by atoms with Crippen LogP contribution in [-0.4, -0.2) is 36.1 Å².